The Kier molecular flexibility index (Phi) is 4.02. The van der Waals surface area contributed by atoms with Gasteiger partial charge in [0.1, 0.15) is 6.10 Å². The van der Waals surface area contributed by atoms with Crippen LogP contribution in [0.1, 0.15) is 43.0 Å². The van der Waals surface area contributed by atoms with Gasteiger partial charge in [0, 0.05) is 0 Å². The van der Waals surface area contributed by atoms with Crippen LogP contribution in [0, 0.1) is 17.6 Å². The number of rotatable bonds is 6. The highest BCUT2D eigenvalue weighted by Crippen LogP contribution is 2.37. The summed E-state index contributed by atoms with van der Waals surface area (Å²) in [6.45, 7) is 2.00. The number of benzene rings is 1. The summed E-state index contributed by atoms with van der Waals surface area (Å²) >= 11 is 0. The van der Waals surface area contributed by atoms with Crippen molar-refractivity contribution in [1.82, 2.24) is 0 Å². The van der Waals surface area contributed by atoms with Gasteiger partial charge in [-0.25, -0.2) is 9.18 Å². The molecule has 0 amide bonds. The Morgan fingerprint density at radius 2 is 2.11 bits per heavy atom. The lowest BCUT2D eigenvalue weighted by Crippen LogP contribution is -2.20. The number of aromatic carboxylic acids is 1. The molecule has 1 aliphatic rings. The summed E-state index contributed by atoms with van der Waals surface area (Å²) in [6.07, 6.45) is 3.66. The van der Waals surface area contributed by atoms with E-state index < -0.39 is 23.2 Å². The fourth-order valence-electron chi connectivity index (χ4n) is 2.09. The quantitative estimate of drug-likeness (QED) is 0.858. The van der Waals surface area contributed by atoms with E-state index in [0.717, 1.165) is 31.7 Å². The first-order chi connectivity index (χ1) is 9.04. The van der Waals surface area contributed by atoms with E-state index in [1.165, 1.54) is 6.07 Å². The summed E-state index contributed by atoms with van der Waals surface area (Å²) in [4.78, 5) is 10.7. The molecule has 0 heterocycles. The summed E-state index contributed by atoms with van der Waals surface area (Å²) in [5.41, 5.74) is -0.677. The number of hydrogen-bond acceptors (Lipinski definition) is 2. The van der Waals surface area contributed by atoms with Crippen molar-refractivity contribution >= 4 is 5.97 Å². The number of carboxylic acids is 1. The van der Waals surface area contributed by atoms with Crippen LogP contribution in [0.15, 0.2) is 12.1 Å². The van der Waals surface area contributed by atoms with Gasteiger partial charge >= 0.3 is 5.97 Å². The van der Waals surface area contributed by atoms with Crippen LogP contribution >= 0.6 is 0 Å². The number of carbonyl (C=O) groups is 1. The minimum absolute atomic E-state index is 0.116. The van der Waals surface area contributed by atoms with Gasteiger partial charge in [0.05, 0.1) is 5.56 Å². The Hall–Kier alpha value is -1.65. The number of ether oxygens (including phenoxy) is 1. The molecular weight excluding hydrogens is 254 g/mol. The Balaban J connectivity index is 2.20. The third-order valence-electron chi connectivity index (χ3n) is 3.28. The molecular formula is C14H16F2O3. The Bertz CT molecular complexity index is 484. The van der Waals surface area contributed by atoms with Crippen LogP contribution in [0.25, 0.3) is 0 Å². The standard InChI is InChI=1S/C14H16F2O3/c1-2-3-10(8-4-5-8)19-11-7-6-9(14(17)18)12(15)13(11)16/h6-8,10H,2-5H2,1H3,(H,17,18). The minimum Gasteiger partial charge on any atom is -0.487 e. The third-order valence-corrected chi connectivity index (χ3v) is 3.28. The van der Waals surface area contributed by atoms with Gasteiger partial charge in [-0.15, -0.1) is 0 Å². The SMILES string of the molecule is CCCC(Oc1ccc(C(=O)O)c(F)c1F)C1CC1. The van der Waals surface area contributed by atoms with E-state index in [2.05, 4.69) is 0 Å². The van der Waals surface area contributed by atoms with Crippen molar-refractivity contribution in [1.29, 1.82) is 0 Å². The highest BCUT2D eigenvalue weighted by Gasteiger charge is 2.33. The molecule has 1 aromatic rings. The van der Waals surface area contributed by atoms with E-state index in [9.17, 15) is 13.6 Å². The van der Waals surface area contributed by atoms with E-state index in [-0.39, 0.29) is 11.9 Å². The average molecular weight is 270 g/mol. The summed E-state index contributed by atoms with van der Waals surface area (Å²) in [6, 6.07) is 2.22. The smallest absolute Gasteiger partial charge is 0.338 e. The van der Waals surface area contributed by atoms with Crippen LogP contribution in [0.2, 0.25) is 0 Å². The average Bonchev–Trinajstić information content (AvgIpc) is 3.18. The fourth-order valence-corrected chi connectivity index (χ4v) is 2.09. The molecule has 104 valence electrons. The molecule has 0 saturated heterocycles. The molecule has 1 saturated carbocycles. The van der Waals surface area contributed by atoms with Crippen molar-refractivity contribution in [2.75, 3.05) is 0 Å². The molecule has 0 radical (unpaired) electrons. The second kappa shape index (κ2) is 5.55. The highest BCUT2D eigenvalue weighted by atomic mass is 19.2. The first kappa shape index (κ1) is 13.8. The van der Waals surface area contributed by atoms with E-state index in [0.29, 0.717) is 5.92 Å². The van der Waals surface area contributed by atoms with Crippen molar-refractivity contribution in [2.45, 2.75) is 38.7 Å². The molecule has 5 heteroatoms. The largest absolute Gasteiger partial charge is 0.487 e. The van der Waals surface area contributed by atoms with Gasteiger partial charge < -0.3 is 9.84 Å². The first-order valence-corrected chi connectivity index (χ1v) is 6.42. The van der Waals surface area contributed by atoms with Crippen LogP contribution in [-0.2, 0) is 0 Å². The Morgan fingerprint density at radius 3 is 2.63 bits per heavy atom. The van der Waals surface area contributed by atoms with Crippen molar-refractivity contribution in [3.05, 3.63) is 29.3 Å². The van der Waals surface area contributed by atoms with Crippen LogP contribution in [-0.4, -0.2) is 17.2 Å². The molecule has 1 aliphatic carbocycles. The molecule has 0 spiro atoms. The van der Waals surface area contributed by atoms with Gasteiger partial charge in [-0.2, -0.15) is 4.39 Å². The summed E-state index contributed by atoms with van der Waals surface area (Å²) in [7, 11) is 0. The van der Waals surface area contributed by atoms with Gasteiger partial charge in [-0.05, 0) is 37.3 Å². The molecule has 0 bridgehead atoms. The molecule has 1 unspecified atom stereocenters. The van der Waals surface area contributed by atoms with Crippen LogP contribution in [0.3, 0.4) is 0 Å². The predicted octanol–water partition coefficient (Wildman–Crippen LogP) is 3.62. The van der Waals surface area contributed by atoms with Gasteiger partial charge in [0.25, 0.3) is 0 Å². The van der Waals surface area contributed by atoms with Crippen molar-refractivity contribution in [3.8, 4) is 5.75 Å². The van der Waals surface area contributed by atoms with E-state index in [4.69, 9.17) is 9.84 Å². The van der Waals surface area contributed by atoms with Crippen LogP contribution in [0.5, 0.6) is 5.75 Å². The monoisotopic (exact) mass is 270 g/mol. The molecule has 19 heavy (non-hydrogen) atoms. The van der Waals surface area contributed by atoms with Crippen molar-refractivity contribution < 1.29 is 23.4 Å². The maximum Gasteiger partial charge on any atom is 0.338 e. The molecule has 1 atom stereocenters. The van der Waals surface area contributed by atoms with Crippen LogP contribution < -0.4 is 4.74 Å². The van der Waals surface area contributed by atoms with Crippen molar-refractivity contribution in [2.24, 2.45) is 5.92 Å². The summed E-state index contributed by atoms with van der Waals surface area (Å²) in [5, 5.41) is 8.70. The zero-order valence-electron chi connectivity index (χ0n) is 10.7. The van der Waals surface area contributed by atoms with Gasteiger partial charge in [-0.1, -0.05) is 13.3 Å². The molecule has 1 N–H and O–H groups in total. The molecule has 3 nitrogen and oxygen atoms in total. The Morgan fingerprint density at radius 1 is 1.42 bits per heavy atom. The molecule has 2 rings (SSSR count). The zero-order valence-corrected chi connectivity index (χ0v) is 10.7. The van der Waals surface area contributed by atoms with Gasteiger partial charge in [-0.3, -0.25) is 0 Å². The van der Waals surface area contributed by atoms with E-state index in [1.54, 1.807) is 0 Å². The predicted molar refractivity (Wildman–Crippen MR) is 65.4 cm³/mol. The number of carboxylic acid groups (broad SMARTS) is 1. The summed E-state index contributed by atoms with van der Waals surface area (Å²) in [5.74, 6) is -3.87. The third kappa shape index (κ3) is 3.03. The van der Waals surface area contributed by atoms with E-state index in [1.807, 2.05) is 6.92 Å². The normalized spacial score (nSPS) is 16.2. The van der Waals surface area contributed by atoms with E-state index >= 15 is 0 Å². The molecule has 1 fully saturated rings. The lowest BCUT2D eigenvalue weighted by Gasteiger charge is -2.18. The topological polar surface area (TPSA) is 46.5 Å². The zero-order chi connectivity index (χ0) is 14.0. The molecule has 0 aromatic heterocycles. The van der Waals surface area contributed by atoms with Gasteiger partial charge in [0.2, 0.25) is 5.82 Å². The second-order valence-electron chi connectivity index (χ2n) is 4.83. The van der Waals surface area contributed by atoms with Gasteiger partial charge in [0.15, 0.2) is 11.6 Å². The summed E-state index contributed by atoms with van der Waals surface area (Å²) < 4.78 is 32.8. The van der Waals surface area contributed by atoms with Crippen molar-refractivity contribution in [3.63, 3.8) is 0 Å². The maximum atomic E-state index is 13.7. The second-order valence-corrected chi connectivity index (χ2v) is 4.83. The number of halogens is 2. The fraction of sp³-hybridized carbons (Fsp3) is 0.500. The molecule has 1 aromatic carbocycles. The Labute approximate surface area is 110 Å². The first-order valence-electron chi connectivity index (χ1n) is 6.42. The lowest BCUT2D eigenvalue weighted by atomic mass is 10.1. The minimum atomic E-state index is -1.49. The maximum absolute atomic E-state index is 13.7. The lowest BCUT2D eigenvalue weighted by molar-refractivity contribution is 0.0690. The number of hydrogen-bond donors (Lipinski definition) is 1. The van der Waals surface area contributed by atoms with Crippen LogP contribution in [0.4, 0.5) is 8.78 Å². The molecule has 0 aliphatic heterocycles. The highest BCUT2D eigenvalue weighted by molar-refractivity contribution is 5.88.